The van der Waals surface area contributed by atoms with Gasteiger partial charge in [0.1, 0.15) is 0 Å². The number of likely N-dealkylation sites (N-methyl/N-ethyl adjacent to an activating group) is 1. The van der Waals surface area contributed by atoms with Gasteiger partial charge in [0.15, 0.2) is 0 Å². The van der Waals surface area contributed by atoms with E-state index in [0.717, 1.165) is 23.9 Å². The summed E-state index contributed by atoms with van der Waals surface area (Å²) < 4.78 is 2.01. The fourth-order valence-corrected chi connectivity index (χ4v) is 2.08. The minimum absolute atomic E-state index is 0.0441. The second-order valence-corrected chi connectivity index (χ2v) is 4.66. The zero-order valence-electron chi connectivity index (χ0n) is 11.4. The number of nitrogens with one attached hydrogen (secondary N) is 2. The van der Waals surface area contributed by atoms with Crippen molar-refractivity contribution in [1.82, 2.24) is 20.2 Å². The lowest BCUT2D eigenvalue weighted by atomic mass is 10.1. The molecule has 0 aliphatic carbocycles. The van der Waals surface area contributed by atoms with Gasteiger partial charge in [-0.05, 0) is 37.6 Å². The number of amides is 1. The van der Waals surface area contributed by atoms with Crippen LogP contribution in [0.2, 0.25) is 0 Å². The Balaban J connectivity index is 1.83. The molecule has 1 aromatic carbocycles. The van der Waals surface area contributed by atoms with Crippen molar-refractivity contribution in [2.24, 2.45) is 7.05 Å². The van der Waals surface area contributed by atoms with Crippen LogP contribution >= 0.6 is 0 Å². The van der Waals surface area contributed by atoms with Crippen molar-refractivity contribution in [2.45, 2.75) is 12.8 Å². The van der Waals surface area contributed by atoms with Gasteiger partial charge in [0.05, 0.1) is 23.9 Å². The molecule has 0 unspecified atom stereocenters. The predicted molar refractivity (Wildman–Crippen MR) is 76.0 cm³/mol. The zero-order chi connectivity index (χ0) is 13.7. The maximum Gasteiger partial charge on any atom is 0.233 e. The number of fused-ring (bicyclic) bond motifs is 1. The minimum atomic E-state index is 0.0441. The normalized spacial score (nSPS) is 10.8. The summed E-state index contributed by atoms with van der Waals surface area (Å²) in [4.78, 5) is 15.6. The Kier molecular flexibility index (Phi) is 4.52. The predicted octanol–water partition coefficient (Wildman–Crippen LogP) is 0.841. The van der Waals surface area contributed by atoms with E-state index in [0.29, 0.717) is 13.1 Å². The summed E-state index contributed by atoms with van der Waals surface area (Å²) in [5.41, 5.74) is 3.43. The average Bonchev–Trinajstić information content (AvgIpc) is 2.76. The van der Waals surface area contributed by atoms with E-state index in [2.05, 4.69) is 33.8 Å². The molecule has 5 heteroatoms. The molecule has 0 bridgehead atoms. The fraction of sp³-hybridized carbons (Fsp3) is 0.429. The van der Waals surface area contributed by atoms with E-state index in [9.17, 15) is 4.79 Å². The molecule has 0 fully saturated rings. The number of aromatic nitrogens is 2. The number of imidazole rings is 1. The van der Waals surface area contributed by atoms with Crippen LogP contribution in [0.3, 0.4) is 0 Å². The standard InChI is InChI=1S/C14H20N4O/c1-15-9-14(19)16-7-3-4-11-5-6-13-12(8-11)17-10-18(13)2/h5-6,8,10,15H,3-4,7,9H2,1-2H3,(H,16,19). The Morgan fingerprint density at radius 3 is 3.05 bits per heavy atom. The molecule has 2 N–H and O–H groups in total. The molecule has 102 valence electrons. The second-order valence-electron chi connectivity index (χ2n) is 4.66. The van der Waals surface area contributed by atoms with Gasteiger partial charge < -0.3 is 15.2 Å². The minimum Gasteiger partial charge on any atom is -0.355 e. The summed E-state index contributed by atoms with van der Waals surface area (Å²) in [6.07, 6.45) is 3.71. The molecule has 1 amide bonds. The van der Waals surface area contributed by atoms with E-state index >= 15 is 0 Å². The van der Waals surface area contributed by atoms with Crippen LogP contribution in [0.5, 0.6) is 0 Å². The molecule has 2 aromatic rings. The van der Waals surface area contributed by atoms with Crippen LogP contribution in [0, 0.1) is 0 Å². The number of hydrogen-bond donors (Lipinski definition) is 2. The number of hydrogen-bond acceptors (Lipinski definition) is 3. The highest BCUT2D eigenvalue weighted by Crippen LogP contribution is 2.14. The molecule has 2 rings (SSSR count). The summed E-state index contributed by atoms with van der Waals surface area (Å²) in [7, 11) is 3.76. The van der Waals surface area contributed by atoms with Crippen molar-refractivity contribution >= 4 is 16.9 Å². The second kappa shape index (κ2) is 6.33. The Labute approximate surface area is 113 Å². The molecular formula is C14H20N4O. The van der Waals surface area contributed by atoms with E-state index in [1.807, 2.05) is 17.9 Å². The van der Waals surface area contributed by atoms with Crippen LogP contribution in [-0.4, -0.2) is 35.6 Å². The van der Waals surface area contributed by atoms with Gasteiger partial charge in [-0.25, -0.2) is 4.98 Å². The maximum atomic E-state index is 11.2. The first-order chi connectivity index (χ1) is 9.20. The third kappa shape index (κ3) is 3.54. The lowest BCUT2D eigenvalue weighted by Crippen LogP contribution is -2.32. The molecule has 5 nitrogen and oxygen atoms in total. The van der Waals surface area contributed by atoms with Crippen molar-refractivity contribution in [1.29, 1.82) is 0 Å². The smallest absolute Gasteiger partial charge is 0.233 e. The Morgan fingerprint density at radius 1 is 1.42 bits per heavy atom. The summed E-state index contributed by atoms with van der Waals surface area (Å²) in [6.45, 7) is 1.08. The summed E-state index contributed by atoms with van der Waals surface area (Å²) in [6, 6.07) is 6.33. The molecule has 1 heterocycles. The average molecular weight is 260 g/mol. The first kappa shape index (κ1) is 13.5. The largest absolute Gasteiger partial charge is 0.355 e. The van der Waals surface area contributed by atoms with Crippen molar-refractivity contribution < 1.29 is 4.79 Å². The molecule has 0 atom stereocenters. The van der Waals surface area contributed by atoms with Gasteiger partial charge >= 0.3 is 0 Å². The zero-order valence-corrected chi connectivity index (χ0v) is 11.4. The lowest BCUT2D eigenvalue weighted by Gasteiger charge is -2.05. The van der Waals surface area contributed by atoms with Crippen LogP contribution in [0.15, 0.2) is 24.5 Å². The van der Waals surface area contributed by atoms with Crippen LogP contribution in [-0.2, 0) is 18.3 Å². The molecule has 1 aromatic heterocycles. The number of aryl methyl sites for hydroxylation is 2. The van der Waals surface area contributed by atoms with Crippen LogP contribution < -0.4 is 10.6 Å². The highest BCUT2D eigenvalue weighted by molar-refractivity contribution is 5.78. The first-order valence-corrected chi connectivity index (χ1v) is 6.52. The molecule has 0 aliphatic heterocycles. The molecule has 0 aliphatic rings. The van der Waals surface area contributed by atoms with Crippen molar-refractivity contribution in [3.8, 4) is 0 Å². The third-order valence-corrected chi connectivity index (χ3v) is 3.09. The van der Waals surface area contributed by atoms with E-state index in [4.69, 9.17) is 0 Å². The van der Waals surface area contributed by atoms with Gasteiger partial charge in [-0.1, -0.05) is 6.07 Å². The van der Waals surface area contributed by atoms with E-state index in [1.54, 1.807) is 7.05 Å². The molecule has 19 heavy (non-hydrogen) atoms. The molecular weight excluding hydrogens is 240 g/mol. The van der Waals surface area contributed by atoms with E-state index in [-0.39, 0.29) is 5.91 Å². The highest BCUT2D eigenvalue weighted by atomic mass is 16.1. The van der Waals surface area contributed by atoms with Gasteiger partial charge in [-0.3, -0.25) is 4.79 Å². The number of rotatable bonds is 6. The fourth-order valence-electron chi connectivity index (χ4n) is 2.08. The van der Waals surface area contributed by atoms with Crippen molar-refractivity contribution in [2.75, 3.05) is 20.1 Å². The van der Waals surface area contributed by atoms with Crippen molar-refractivity contribution in [3.63, 3.8) is 0 Å². The number of carbonyl (C=O) groups is 1. The summed E-state index contributed by atoms with van der Waals surface area (Å²) in [5, 5.41) is 5.70. The first-order valence-electron chi connectivity index (χ1n) is 6.52. The molecule has 0 spiro atoms. The van der Waals surface area contributed by atoms with Gasteiger partial charge in [0.25, 0.3) is 0 Å². The van der Waals surface area contributed by atoms with Gasteiger partial charge in [-0.2, -0.15) is 0 Å². The molecule has 0 saturated heterocycles. The Morgan fingerprint density at radius 2 is 2.26 bits per heavy atom. The van der Waals surface area contributed by atoms with Crippen LogP contribution in [0.4, 0.5) is 0 Å². The molecule has 0 saturated carbocycles. The third-order valence-electron chi connectivity index (χ3n) is 3.09. The van der Waals surface area contributed by atoms with E-state index in [1.165, 1.54) is 5.56 Å². The topological polar surface area (TPSA) is 59.0 Å². The van der Waals surface area contributed by atoms with Crippen LogP contribution in [0.1, 0.15) is 12.0 Å². The Hall–Kier alpha value is -1.88. The van der Waals surface area contributed by atoms with E-state index < -0.39 is 0 Å². The van der Waals surface area contributed by atoms with Gasteiger partial charge in [0, 0.05) is 13.6 Å². The summed E-state index contributed by atoms with van der Waals surface area (Å²) >= 11 is 0. The van der Waals surface area contributed by atoms with Gasteiger partial charge in [-0.15, -0.1) is 0 Å². The number of carbonyl (C=O) groups excluding carboxylic acids is 1. The lowest BCUT2D eigenvalue weighted by molar-refractivity contribution is -0.120. The Bertz CT molecular complexity index is 562. The van der Waals surface area contributed by atoms with Crippen molar-refractivity contribution in [3.05, 3.63) is 30.1 Å². The van der Waals surface area contributed by atoms with Gasteiger partial charge in [0.2, 0.25) is 5.91 Å². The SMILES string of the molecule is CNCC(=O)NCCCc1ccc2c(c1)ncn2C. The highest BCUT2D eigenvalue weighted by Gasteiger charge is 2.02. The summed E-state index contributed by atoms with van der Waals surface area (Å²) in [5.74, 6) is 0.0441. The number of nitrogens with zero attached hydrogens (tertiary/aromatic N) is 2. The maximum absolute atomic E-state index is 11.2. The quantitative estimate of drug-likeness (QED) is 0.757. The number of benzene rings is 1. The van der Waals surface area contributed by atoms with Crippen LogP contribution in [0.25, 0.3) is 11.0 Å². The molecule has 0 radical (unpaired) electrons. The monoisotopic (exact) mass is 260 g/mol.